The molecule has 0 nitrogen and oxygen atoms in total. The van der Waals surface area contributed by atoms with Crippen molar-refractivity contribution in [1.29, 1.82) is 0 Å². The fourth-order valence-electron chi connectivity index (χ4n) is 2.00. The minimum atomic E-state index is 0.694. The van der Waals surface area contributed by atoms with E-state index in [2.05, 4.69) is 27.7 Å². The Morgan fingerprint density at radius 3 is 1.64 bits per heavy atom. The maximum Gasteiger partial charge on any atom is -0.0298 e. The van der Waals surface area contributed by atoms with E-state index in [4.69, 9.17) is 0 Å². The fourth-order valence-corrected chi connectivity index (χ4v) is 2.00. The minimum absolute atomic E-state index is 0.694. The summed E-state index contributed by atoms with van der Waals surface area (Å²) in [5, 5.41) is 0. The summed E-state index contributed by atoms with van der Waals surface area (Å²) in [5.41, 5.74) is 0.694. The zero-order chi connectivity index (χ0) is 9.07. The van der Waals surface area contributed by atoms with E-state index >= 15 is 0 Å². The molecule has 0 bridgehead atoms. The van der Waals surface area contributed by atoms with Gasteiger partial charge in [0.2, 0.25) is 0 Å². The van der Waals surface area contributed by atoms with Gasteiger partial charge in [0.25, 0.3) is 0 Å². The van der Waals surface area contributed by atoms with Gasteiger partial charge in [0.15, 0.2) is 0 Å². The summed E-state index contributed by atoms with van der Waals surface area (Å²) in [4.78, 5) is 0. The molecule has 0 saturated heterocycles. The average molecular weight is 156 g/mol. The molecule has 0 aromatic heterocycles. The lowest BCUT2D eigenvalue weighted by Crippen LogP contribution is -2.37. The summed E-state index contributed by atoms with van der Waals surface area (Å²) < 4.78 is 0. The van der Waals surface area contributed by atoms with Crippen molar-refractivity contribution in [1.82, 2.24) is 0 Å². The molecule has 0 spiro atoms. The number of rotatable bonds is 1. The molecular formula is C11H24. The highest BCUT2D eigenvalue weighted by molar-refractivity contribution is 4.89. The zero-order valence-corrected chi connectivity index (χ0v) is 9.07. The minimum Gasteiger partial charge on any atom is -0.0683 e. The first kappa shape index (κ1) is 11.0. The highest BCUT2D eigenvalue weighted by Gasteiger charge is 2.39. The molecule has 0 atom stereocenters. The number of hydrogen-bond donors (Lipinski definition) is 0. The van der Waals surface area contributed by atoms with Crippen LogP contribution in [0.25, 0.3) is 0 Å². The van der Waals surface area contributed by atoms with Crippen LogP contribution in [0.2, 0.25) is 0 Å². The topological polar surface area (TPSA) is 0 Å². The molecule has 0 N–H and O–H groups in total. The molecule has 0 heteroatoms. The summed E-state index contributed by atoms with van der Waals surface area (Å²) in [6.07, 6.45) is 2.90. The molecule has 1 saturated carbocycles. The van der Waals surface area contributed by atoms with Crippen molar-refractivity contribution in [2.75, 3.05) is 0 Å². The molecule has 0 aromatic carbocycles. The standard InChI is InChI=1S/C9H18.C2H6/c1-7(2)9(4)5-8(3)6-9;1-2/h7-8H,5-6H2,1-4H3;1-2H3. The molecule has 0 amide bonds. The second-order valence-corrected chi connectivity index (χ2v) is 4.32. The van der Waals surface area contributed by atoms with Crippen LogP contribution in [0, 0.1) is 17.3 Å². The quantitative estimate of drug-likeness (QED) is 0.536. The Morgan fingerprint density at radius 2 is 1.55 bits per heavy atom. The summed E-state index contributed by atoms with van der Waals surface area (Å²) in [6, 6.07) is 0. The Balaban J connectivity index is 0.000000461. The van der Waals surface area contributed by atoms with Gasteiger partial charge in [-0.2, -0.15) is 0 Å². The van der Waals surface area contributed by atoms with Crippen molar-refractivity contribution in [3.05, 3.63) is 0 Å². The molecule has 11 heavy (non-hydrogen) atoms. The van der Waals surface area contributed by atoms with Gasteiger partial charge in [0, 0.05) is 0 Å². The highest BCUT2D eigenvalue weighted by Crippen LogP contribution is 2.49. The fraction of sp³-hybridized carbons (Fsp3) is 1.00. The van der Waals surface area contributed by atoms with Gasteiger partial charge in [0.05, 0.1) is 0 Å². The van der Waals surface area contributed by atoms with Crippen molar-refractivity contribution in [2.45, 2.75) is 54.4 Å². The molecule has 1 fully saturated rings. The SMILES string of the molecule is CC.CC1CC(C)(C(C)C)C1. The van der Waals surface area contributed by atoms with Gasteiger partial charge in [-0.1, -0.05) is 41.5 Å². The van der Waals surface area contributed by atoms with Crippen molar-refractivity contribution >= 4 is 0 Å². The van der Waals surface area contributed by atoms with Crippen LogP contribution in [0.1, 0.15) is 54.4 Å². The summed E-state index contributed by atoms with van der Waals surface area (Å²) in [7, 11) is 0. The summed E-state index contributed by atoms with van der Waals surface area (Å²) in [6.45, 7) is 13.4. The molecule has 1 rings (SSSR count). The van der Waals surface area contributed by atoms with Crippen molar-refractivity contribution < 1.29 is 0 Å². The smallest absolute Gasteiger partial charge is 0.0298 e. The zero-order valence-electron chi connectivity index (χ0n) is 9.07. The van der Waals surface area contributed by atoms with Crippen LogP contribution >= 0.6 is 0 Å². The van der Waals surface area contributed by atoms with Crippen molar-refractivity contribution in [3.8, 4) is 0 Å². The Bertz CT molecular complexity index is 96.6. The van der Waals surface area contributed by atoms with E-state index in [-0.39, 0.29) is 0 Å². The lowest BCUT2D eigenvalue weighted by atomic mass is 9.58. The predicted molar refractivity (Wildman–Crippen MR) is 52.7 cm³/mol. The Hall–Kier alpha value is 0. The maximum absolute atomic E-state index is 2.41. The lowest BCUT2D eigenvalue weighted by Gasteiger charge is -2.47. The van der Waals surface area contributed by atoms with Gasteiger partial charge >= 0.3 is 0 Å². The first-order valence-electron chi connectivity index (χ1n) is 5.04. The first-order valence-corrected chi connectivity index (χ1v) is 5.04. The van der Waals surface area contributed by atoms with Crippen LogP contribution < -0.4 is 0 Å². The van der Waals surface area contributed by atoms with Gasteiger partial charge in [-0.3, -0.25) is 0 Å². The molecule has 0 unspecified atom stereocenters. The van der Waals surface area contributed by atoms with Crippen molar-refractivity contribution in [2.24, 2.45) is 17.3 Å². The van der Waals surface area contributed by atoms with Crippen LogP contribution in [-0.2, 0) is 0 Å². The van der Waals surface area contributed by atoms with E-state index in [0.29, 0.717) is 5.41 Å². The van der Waals surface area contributed by atoms with Crippen LogP contribution in [0.5, 0.6) is 0 Å². The van der Waals surface area contributed by atoms with Gasteiger partial charge in [-0.15, -0.1) is 0 Å². The molecule has 1 aliphatic rings. The molecule has 0 heterocycles. The Morgan fingerprint density at radius 1 is 1.18 bits per heavy atom. The highest BCUT2D eigenvalue weighted by atomic mass is 14.4. The van der Waals surface area contributed by atoms with Crippen LogP contribution in [-0.4, -0.2) is 0 Å². The van der Waals surface area contributed by atoms with Crippen LogP contribution in [0.4, 0.5) is 0 Å². The van der Waals surface area contributed by atoms with Crippen LogP contribution in [0.3, 0.4) is 0 Å². The largest absolute Gasteiger partial charge is 0.0683 e. The molecule has 0 aromatic rings. The van der Waals surface area contributed by atoms with E-state index in [1.54, 1.807) is 0 Å². The van der Waals surface area contributed by atoms with E-state index < -0.39 is 0 Å². The Kier molecular flexibility index (Phi) is 4.13. The third-order valence-corrected chi connectivity index (χ3v) is 3.02. The molecule has 68 valence electrons. The molecule has 0 radical (unpaired) electrons. The monoisotopic (exact) mass is 156 g/mol. The van der Waals surface area contributed by atoms with Gasteiger partial charge in [0.1, 0.15) is 0 Å². The molecular weight excluding hydrogens is 132 g/mol. The van der Waals surface area contributed by atoms with Gasteiger partial charge < -0.3 is 0 Å². The van der Waals surface area contributed by atoms with Gasteiger partial charge in [-0.25, -0.2) is 0 Å². The van der Waals surface area contributed by atoms with E-state index in [9.17, 15) is 0 Å². The lowest BCUT2D eigenvalue weighted by molar-refractivity contribution is 0.0356. The third kappa shape index (κ3) is 2.50. The maximum atomic E-state index is 2.41. The van der Waals surface area contributed by atoms with Crippen molar-refractivity contribution in [3.63, 3.8) is 0 Å². The van der Waals surface area contributed by atoms with E-state index in [0.717, 1.165) is 11.8 Å². The normalized spacial score (nSPS) is 35.7. The van der Waals surface area contributed by atoms with Gasteiger partial charge in [-0.05, 0) is 30.1 Å². The summed E-state index contributed by atoms with van der Waals surface area (Å²) in [5.74, 6) is 1.88. The first-order chi connectivity index (χ1) is 5.04. The second kappa shape index (κ2) is 4.13. The second-order valence-electron chi connectivity index (χ2n) is 4.32. The average Bonchev–Trinajstić information content (AvgIpc) is 1.89. The van der Waals surface area contributed by atoms with E-state index in [1.165, 1.54) is 12.8 Å². The Labute approximate surface area is 72.4 Å². The predicted octanol–water partition coefficient (Wildman–Crippen LogP) is 4.10. The van der Waals surface area contributed by atoms with Crippen LogP contribution in [0.15, 0.2) is 0 Å². The number of hydrogen-bond acceptors (Lipinski definition) is 0. The summed E-state index contributed by atoms with van der Waals surface area (Å²) >= 11 is 0. The van der Waals surface area contributed by atoms with E-state index in [1.807, 2.05) is 13.8 Å². The molecule has 1 aliphatic carbocycles. The molecule has 0 aliphatic heterocycles. The third-order valence-electron chi connectivity index (χ3n) is 3.02.